The minimum Gasteiger partial charge on any atom is -0.465 e. The molecule has 31 heavy (non-hydrogen) atoms. The minimum absolute atomic E-state index is 0.126. The van der Waals surface area contributed by atoms with Gasteiger partial charge in [0.05, 0.1) is 0 Å². The number of ether oxygens (including phenoxy) is 3. The van der Waals surface area contributed by atoms with Gasteiger partial charge in [-0.05, 0) is 87.7 Å². The van der Waals surface area contributed by atoms with Crippen molar-refractivity contribution in [3.05, 3.63) is 28.2 Å². The van der Waals surface area contributed by atoms with Gasteiger partial charge in [0.15, 0.2) is 6.29 Å². The van der Waals surface area contributed by atoms with E-state index < -0.39 is 0 Å². The van der Waals surface area contributed by atoms with Crippen molar-refractivity contribution in [2.24, 2.45) is 11.8 Å². The van der Waals surface area contributed by atoms with Crippen LogP contribution >= 0.6 is 15.9 Å². The molecular weight excluding hydrogens is 460 g/mol. The zero-order chi connectivity index (χ0) is 22.2. The fourth-order valence-corrected chi connectivity index (χ4v) is 5.07. The van der Waals surface area contributed by atoms with E-state index in [0.717, 1.165) is 55.0 Å². The van der Waals surface area contributed by atoms with Crippen molar-refractivity contribution in [1.82, 2.24) is 9.80 Å². The zero-order valence-electron chi connectivity index (χ0n) is 19.1. The average Bonchev–Trinajstić information content (AvgIpc) is 3.22. The van der Waals surface area contributed by atoms with Gasteiger partial charge in [-0.1, -0.05) is 15.9 Å². The molecule has 2 fully saturated rings. The van der Waals surface area contributed by atoms with Gasteiger partial charge in [-0.15, -0.1) is 0 Å². The summed E-state index contributed by atoms with van der Waals surface area (Å²) in [6.07, 6.45) is 5.53. The number of benzene rings is 1. The van der Waals surface area contributed by atoms with Gasteiger partial charge in [-0.2, -0.15) is 0 Å². The first-order chi connectivity index (χ1) is 15.0. The van der Waals surface area contributed by atoms with Crippen LogP contribution in [0.1, 0.15) is 38.2 Å². The molecule has 0 radical (unpaired) electrons. The van der Waals surface area contributed by atoms with Gasteiger partial charge in [-0.3, -0.25) is 4.79 Å². The summed E-state index contributed by atoms with van der Waals surface area (Å²) >= 11 is 3.71. The van der Waals surface area contributed by atoms with Crippen LogP contribution in [-0.2, 0) is 20.7 Å². The first kappa shape index (κ1) is 24.5. The van der Waals surface area contributed by atoms with Crippen molar-refractivity contribution in [2.45, 2.75) is 45.3 Å². The summed E-state index contributed by atoms with van der Waals surface area (Å²) in [7, 11) is 3.24. The minimum atomic E-state index is -0.249. The Kier molecular flexibility index (Phi) is 9.63. The Morgan fingerprint density at radius 3 is 2.61 bits per heavy atom. The summed E-state index contributed by atoms with van der Waals surface area (Å²) in [5, 5.41) is 0. The first-order valence-electron chi connectivity index (χ1n) is 11.5. The molecule has 1 aromatic rings. The lowest BCUT2D eigenvalue weighted by Crippen LogP contribution is -2.40. The molecule has 0 bridgehead atoms. The van der Waals surface area contributed by atoms with Gasteiger partial charge < -0.3 is 24.0 Å². The van der Waals surface area contributed by atoms with Crippen molar-refractivity contribution in [3.8, 4) is 5.75 Å². The number of nitrogens with zero attached hydrogens (tertiary/aromatic N) is 2. The molecule has 0 N–H and O–H groups in total. The van der Waals surface area contributed by atoms with E-state index in [-0.39, 0.29) is 18.8 Å². The van der Waals surface area contributed by atoms with Crippen LogP contribution in [0.2, 0.25) is 0 Å². The number of piperidine rings is 1. The molecular formula is C24H37BrN2O4. The van der Waals surface area contributed by atoms with E-state index in [4.69, 9.17) is 14.2 Å². The summed E-state index contributed by atoms with van der Waals surface area (Å²) in [5.41, 5.74) is 1.31. The molecule has 1 aromatic carbocycles. The Morgan fingerprint density at radius 2 is 1.90 bits per heavy atom. The third-order valence-electron chi connectivity index (χ3n) is 6.62. The van der Waals surface area contributed by atoms with E-state index in [1.54, 1.807) is 14.2 Å². The maximum Gasteiger partial charge on any atom is 0.248 e. The number of hydrogen-bond donors (Lipinski definition) is 0. The van der Waals surface area contributed by atoms with Gasteiger partial charge in [0.25, 0.3) is 0 Å². The van der Waals surface area contributed by atoms with Crippen LogP contribution in [0.4, 0.5) is 0 Å². The van der Waals surface area contributed by atoms with Crippen LogP contribution in [-0.4, -0.2) is 75.5 Å². The summed E-state index contributed by atoms with van der Waals surface area (Å²) < 4.78 is 17.1. The van der Waals surface area contributed by atoms with E-state index in [2.05, 4.69) is 33.0 Å². The third kappa shape index (κ3) is 7.45. The molecule has 2 atom stereocenters. The molecule has 2 aliphatic rings. The summed E-state index contributed by atoms with van der Waals surface area (Å²) in [4.78, 5) is 16.5. The highest BCUT2D eigenvalue weighted by Gasteiger charge is 2.26. The average molecular weight is 497 g/mol. The quantitative estimate of drug-likeness (QED) is 0.458. The predicted octanol–water partition coefficient (Wildman–Crippen LogP) is 3.96. The van der Waals surface area contributed by atoms with E-state index in [1.165, 1.54) is 31.5 Å². The Morgan fingerprint density at radius 1 is 1.16 bits per heavy atom. The fraction of sp³-hybridized carbons (Fsp3) is 0.708. The SMILES string of the molecule is COCC(=O)N1CCC(CCN2CCC(Cc3cc(OC(C)OC)ccc3Br)C2)CC1. The second-order valence-corrected chi connectivity index (χ2v) is 9.73. The topological polar surface area (TPSA) is 51.2 Å². The molecule has 2 aliphatic heterocycles. The Hall–Kier alpha value is -1.15. The summed E-state index contributed by atoms with van der Waals surface area (Å²) in [6.45, 7) is 7.38. The van der Waals surface area contributed by atoms with E-state index in [9.17, 15) is 4.79 Å². The van der Waals surface area contributed by atoms with Crippen LogP contribution in [0, 0.1) is 11.8 Å². The molecule has 2 unspecified atom stereocenters. The Balaban J connectivity index is 1.40. The van der Waals surface area contributed by atoms with Crippen LogP contribution in [0.3, 0.4) is 0 Å². The van der Waals surface area contributed by atoms with Crippen LogP contribution < -0.4 is 4.74 Å². The van der Waals surface area contributed by atoms with Gasteiger partial charge in [0.1, 0.15) is 12.4 Å². The van der Waals surface area contributed by atoms with Gasteiger partial charge in [-0.25, -0.2) is 0 Å². The maximum atomic E-state index is 11.9. The van der Waals surface area contributed by atoms with Crippen LogP contribution in [0.15, 0.2) is 22.7 Å². The highest BCUT2D eigenvalue weighted by Crippen LogP contribution is 2.29. The number of rotatable bonds is 10. The monoisotopic (exact) mass is 496 g/mol. The summed E-state index contributed by atoms with van der Waals surface area (Å²) in [5.74, 6) is 2.40. The first-order valence-corrected chi connectivity index (χ1v) is 12.2. The Labute approximate surface area is 195 Å². The number of methoxy groups -OCH3 is 2. The number of halogens is 1. The molecule has 174 valence electrons. The second-order valence-electron chi connectivity index (χ2n) is 8.88. The highest BCUT2D eigenvalue weighted by molar-refractivity contribution is 9.10. The number of carbonyl (C=O) groups excluding carboxylic acids is 1. The number of amides is 1. The molecule has 0 aromatic heterocycles. The predicted molar refractivity (Wildman–Crippen MR) is 125 cm³/mol. The van der Waals surface area contributed by atoms with Gasteiger partial charge >= 0.3 is 0 Å². The van der Waals surface area contributed by atoms with Crippen molar-refractivity contribution < 1.29 is 19.0 Å². The van der Waals surface area contributed by atoms with Crippen LogP contribution in [0.25, 0.3) is 0 Å². The Bertz CT molecular complexity index is 709. The molecule has 2 saturated heterocycles. The normalized spacial score (nSPS) is 21.4. The van der Waals surface area contributed by atoms with E-state index in [1.807, 2.05) is 17.9 Å². The molecule has 2 heterocycles. The molecule has 0 saturated carbocycles. The lowest BCUT2D eigenvalue weighted by molar-refractivity contribution is -0.136. The molecule has 1 amide bonds. The van der Waals surface area contributed by atoms with Gasteiger partial charge in [0, 0.05) is 38.3 Å². The number of carbonyl (C=O) groups is 1. The van der Waals surface area contributed by atoms with Crippen LogP contribution in [0.5, 0.6) is 5.75 Å². The zero-order valence-corrected chi connectivity index (χ0v) is 20.7. The summed E-state index contributed by atoms with van der Waals surface area (Å²) in [6, 6.07) is 6.20. The van der Waals surface area contributed by atoms with Crippen molar-refractivity contribution in [1.29, 1.82) is 0 Å². The molecule has 6 nitrogen and oxygen atoms in total. The third-order valence-corrected chi connectivity index (χ3v) is 7.39. The van der Waals surface area contributed by atoms with Gasteiger partial charge in [0.2, 0.25) is 5.91 Å². The van der Waals surface area contributed by atoms with E-state index in [0.29, 0.717) is 5.92 Å². The lowest BCUT2D eigenvalue weighted by atomic mass is 9.93. The second kappa shape index (κ2) is 12.2. The molecule has 3 rings (SSSR count). The van der Waals surface area contributed by atoms with E-state index >= 15 is 0 Å². The number of likely N-dealkylation sites (tertiary alicyclic amines) is 2. The lowest BCUT2D eigenvalue weighted by Gasteiger charge is -2.32. The number of hydrogen-bond acceptors (Lipinski definition) is 5. The van der Waals surface area contributed by atoms with Crippen molar-refractivity contribution >= 4 is 21.8 Å². The largest absolute Gasteiger partial charge is 0.465 e. The standard InChI is InChI=1S/C24H37BrN2O4/c1-18(30-3)31-22-4-5-23(25)21(15-22)14-20-7-11-26(16-20)10-6-19-8-12-27(13-9-19)24(28)17-29-2/h4-5,15,18-20H,6-14,16-17H2,1-3H3. The smallest absolute Gasteiger partial charge is 0.248 e. The van der Waals surface area contributed by atoms with Crippen molar-refractivity contribution in [2.75, 3.05) is 53.6 Å². The molecule has 0 aliphatic carbocycles. The molecule has 7 heteroatoms. The maximum absolute atomic E-state index is 11.9. The highest BCUT2D eigenvalue weighted by atomic mass is 79.9. The molecule has 0 spiro atoms. The fourth-order valence-electron chi connectivity index (χ4n) is 4.67. The van der Waals surface area contributed by atoms with Crippen molar-refractivity contribution in [3.63, 3.8) is 0 Å².